The van der Waals surface area contributed by atoms with Crippen molar-refractivity contribution in [1.29, 1.82) is 0 Å². The Labute approximate surface area is 220 Å². The van der Waals surface area contributed by atoms with Crippen LogP contribution in [0.15, 0.2) is 128 Å². The molecular formula is C31H22Cl2N2O. The molecule has 4 aromatic carbocycles. The third-order valence-corrected chi connectivity index (χ3v) is 6.73. The van der Waals surface area contributed by atoms with E-state index in [1.54, 1.807) is 30.5 Å². The first-order valence-corrected chi connectivity index (χ1v) is 12.2. The molecule has 0 N–H and O–H groups in total. The van der Waals surface area contributed by atoms with E-state index in [9.17, 15) is 4.79 Å². The van der Waals surface area contributed by atoms with E-state index in [2.05, 4.69) is 45.9 Å². The van der Waals surface area contributed by atoms with Crippen LogP contribution in [-0.2, 0) is 5.54 Å². The van der Waals surface area contributed by atoms with Gasteiger partial charge in [-0.3, -0.25) is 4.79 Å². The molecule has 1 heterocycles. The maximum Gasteiger partial charge on any atom is 0.187 e. The van der Waals surface area contributed by atoms with Crippen LogP contribution in [0.25, 0.3) is 6.08 Å². The minimum Gasteiger partial charge on any atom is -0.313 e. The standard InChI is InChI=1S/C31H22Cl2N2O/c32-26-16-17-27(28(33)22-26)29(36)18-19-30-34-20-21-35(30)31(23-10-4-1-5-11-23,24-12-6-2-7-13-24)25-14-8-3-9-15-25/h1-22H/b19-18+. The molecule has 0 saturated heterocycles. The fourth-order valence-corrected chi connectivity index (χ4v) is 5.11. The van der Waals surface area contributed by atoms with Crippen LogP contribution >= 0.6 is 23.2 Å². The van der Waals surface area contributed by atoms with Crippen LogP contribution in [-0.4, -0.2) is 15.3 Å². The summed E-state index contributed by atoms with van der Waals surface area (Å²) in [6.07, 6.45) is 6.94. The molecule has 5 heteroatoms. The van der Waals surface area contributed by atoms with Gasteiger partial charge in [-0.25, -0.2) is 4.98 Å². The molecule has 176 valence electrons. The van der Waals surface area contributed by atoms with Gasteiger partial charge >= 0.3 is 0 Å². The van der Waals surface area contributed by atoms with Crippen LogP contribution in [0, 0.1) is 0 Å². The summed E-state index contributed by atoms with van der Waals surface area (Å²) in [4.78, 5) is 17.6. The van der Waals surface area contributed by atoms with E-state index in [1.165, 1.54) is 6.08 Å². The maximum absolute atomic E-state index is 13.0. The van der Waals surface area contributed by atoms with Crippen molar-refractivity contribution in [3.8, 4) is 0 Å². The molecule has 36 heavy (non-hydrogen) atoms. The van der Waals surface area contributed by atoms with E-state index in [-0.39, 0.29) is 5.78 Å². The van der Waals surface area contributed by atoms with Gasteiger partial charge in [0.2, 0.25) is 0 Å². The highest BCUT2D eigenvalue weighted by Crippen LogP contribution is 2.41. The normalized spacial score (nSPS) is 11.6. The van der Waals surface area contributed by atoms with Gasteiger partial charge in [-0.1, -0.05) is 114 Å². The third kappa shape index (κ3) is 4.39. The molecule has 0 aliphatic heterocycles. The number of carbonyl (C=O) groups is 1. The number of ketones is 1. The van der Waals surface area contributed by atoms with Crippen LogP contribution in [0.2, 0.25) is 10.0 Å². The summed E-state index contributed by atoms with van der Waals surface area (Å²) in [5.41, 5.74) is 2.88. The molecule has 0 aliphatic carbocycles. The van der Waals surface area contributed by atoms with Crippen LogP contribution in [0.5, 0.6) is 0 Å². The van der Waals surface area contributed by atoms with Crippen molar-refractivity contribution in [2.75, 3.05) is 0 Å². The summed E-state index contributed by atoms with van der Waals surface area (Å²) in [6, 6.07) is 35.8. The lowest BCUT2D eigenvalue weighted by molar-refractivity contribution is 0.104. The second-order valence-corrected chi connectivity index (χ2v) is 9.13. The minimum atomic E-state index is -0.721. The lowest BCUT2D eigenvalue weighted by Crippen LogP contribution is -2.38. The largest absolute Gasteiger partial charge is 0.313 e. The highest BCUT2D eigenvalue weighted by molar-refractivity contribution is 6.37. The maximum atomic E-state index is 13.0. The minimum absolute atomic E-state index is 0.226. The Bertz CT molecular complexity index is 1410. The van der Waals surface area contributed by atoms with E-state index in [0.717, 1.165) is 16.7 Å². The molecule has 0 bridgehead atoms. The van der Waals surface area contributed by atoms with Gasteiger partial charge in [0.1, 0.15) is 11.4 Å². The Balaban J connectivity index is 1.70. The fourth-order valence-electron chi connectivity index (χ4n) is 4.61. The first kappa shape index (κ1) is 23.8. The van der Waals surface area contributed by atoms with E-state index in [4.69, 9.17) is 23.2 Å². The van der Waals surface area contributed by atoms with Gasteiger partial charge in [0, 0.05) is 23.0 Å². The molecule has 0 atom stereocenters. The van der Waals surface area contributed by atoms with Gasteiger partial charge in [-0.15, -0.1) is 0 Å². The van der Waals surface area contributed by atoms with Crippen LogP contribution in [0.4, 0.5) is 0 Å². The summed E-state index contributed by atoms with van der Waals surface area (Å²) in [5, 5.41) is 0.794. The number of imidazole rings is 1. The second kappa shape index (κ2) is 10.4. The highest BCUT2D eigenvalue weighted by atomic mass is 35.5. The van der Waals surface area contributed by atoms with Gasteiger partial charge in [0.05, 0.1) is 5.02 Å². The van der Waals surface area contributed by atoms with Crippen LogP contribution in [0.3, 0.4) is 0 Å². The summed E-state index contributed by atoms with van der Waals surface area (Å²) in [5.74, 6) is 0.404. The number of hydrogen-bond acceptors (Lipinski definition) is 2. The second-order valence-electron chi connectivity index (χ2n) is 8.29. The lowest BCUT2D eigenvalue weighted by Gasteiger charge is -2.38. The fraction of sp³-hybridized carbons (Fsp3) is 0.0323. The van der Waals surface area contributed by atoms with Crippen molar-refractivity contribution in [3.63, 3.8) is 0 Å². The Morgan fingerprint density at radius 1 is 0.750 bits per heavy atom. The Kier molecular flexibility index (Phi) is 6.86. The Morgan fingerprint density at radius 3 is 1.78 bits per heavy atom. The van der Waals surface area contributed by atoms with Crippen LogP contribution < -0.4 is 0 Å². The monoisotopic (exact) mass is 508 g/mol. The quantitative estimate of drug-likeness (QED) is 0.127. The lowest BCUT2D eigenvalue weighted by atomic mass is 9.76. The number of halogens is 2. The van der Waals surface area contributed by atoms with Gasteiger partial charge in [0.15, 0.2) is 5.78 Å². The average Bonchev–Trinajstić information content (AvgIpc) is 3.38. The van der Waals surface area contributed by atoms with Crippen molar-refractivity contribution in [3.05, 3.63) is 166 Å². The third-order valence-electron chi connectivity index (χ3n) is 6.19. The van der Waals surface area contributed by atoms with E-state index >= 15 is 0 Å². The zero-order chi connectivity index (χ0) is 25.0. The molecule has 0 aliphatic rings. The Hall–Kier alpha value is -3.92. The zero-order valence-corrected chi connectivity index (χ0v) is 20.8. The summed E-state index contributed by atoms with van der Waals surface area (Å²) >= 11 is 12.3. The van der Waals surface area contributed by atoms with E-state index in [1.807, 2.05) is 60.8 Å². The highest BCUT2D eigenvalue weighted by Gasteiger charge is 2.39. The van der Waals surface area contributed by atoms with Crippen molar-refractivity contribution in [2.45, 2.75) is 5.54 Å². The van der Waals surface area contributed by atoms with Gasteiger partial charge < -0.3 is 4.57 Å². The Morgan fingerprint density at radius 2 is 1.28 bits per heavy atom. The van der Waals surface area contributed by atoms with Gasteiger partial charge in [0.25, 0.3) is 0 Å². The molecule has 5 rings (SSSR count). The number of aromatic nitrogens is 2. The predicted molar refractivity (Wildman–Crippen MR) is 147 cm³/mol. The van der Waals surface area contributed by atoms with Gasteiger partial charge in [-0.2, -0.15) is 0 Å². The number of rotatable bonds is 7. The number of carbonyl (C=O) groups excluding carboxylic acids is 1. The number of allylic oxidation sites excluding steroid dienone is 1. The summed E-state index contributed by atoms with van der Waals surface area (Å²) in [6.45, 7) is 0. The SMILES string of the molecule is O=C(/C=C/c1nccn1C(c1ccccc1)(c1ccccc1)c1ccccc1)c1ccc(Cl)cc1Cl. The molecule has 0 amide bonds. The topological polar surface area (TPSA) is 34.9 Å². The predicted octanol–water partition coefficient (Wildman–Crippen LogP) is 7.93. The van der Waals surface area contributed by atoms with Gasteiger partial charge in [-0.05, 0) is 47.0 Å². The first-order valence-electron chi connectivity index (χ1n) is 11.5. The molecule has 0 spiro atoms. The summed E-state index contributed by atoms with van der Waals surface area (Å²) in [7, 11) is 0. The number of hydrogen-bond donors (Lipinski definition) is 0. The number of nitrogens with zero attached hydrogens (tertiary/aromatic N) is 2. The number of benzene rings is 4. The molecule has 3 nitrogen and oxygen atoms in total. The first-order chi connectivity index (χ1) is 17.6. The molecule has 0 fully saturated rings. The molecule has 0 radical (unpaired) electrons. The molecule has 0 unspecified atom stereocenters. The van der Waals surface area contributed by atoms with Crippen molar-refractivity contribution < 1.29 is 4.79 Å². The molecular weight excluding hydrogens is 487 g/mol. The van der Waals surface area contributed by atoms with Crippen LogP contribution in [0.1, 0.15) is 32.9 Å². The van der Waals surface area contributed by atoms with Crippen molar-refractivity contribution in [2.24, 2.45) is 0 Å². The van der Waals surface area contributed by atoms with Crippen molar-refractivity contribution >= 4 is 35.1 Å². The molecule has 0 saturated carbocycles. The van der Waals surface area contributed by atoms with E-state index in [0.29, 0.717) is 21.4 Å². The smallest absolute Gasteiger partial charge is 0.187 e. The van der Waals surface area contributed by atoms with Crippen molar-refractivity contribution in [1.82, 2.24) is 9.55 Å². The van der Waals surface area contributed by atoms with E-state index < -0.39 is 5.54 Å². The molecule has 5 aromatic rings. The summed E-state index contributed by atoms with van der Waals surface area (Å²) < 4.78 is 2.11. The molecule has 1 aromatic heterocycles. The average molecular weight is 509 g/mol. The zero-order valence-electron chi connectivity index (χ0n) is 19.3.